The Morgan fingerprint density at radius 2 is 1.06 bits per heavy atom. The van der Waals surface area contributed by atoms with Crippen LogP contribution in [0.5, 0.6) is 0 Å². The number of hydrogen-bond acceptors (Lipinski definition) is 2. The van der Waals surface area contributed by atoms with Crippen molar-refractivity contribution in [2.45, 2.75) is 0 Å². The van der Waals surface area contributed by atoms with Crippen molar-refractivity contribution in [2.75, 3.05) is 4.90 Å². The van der Waals surface area contributed by atoms with Crippen LogP contribution >= 0.6 is 0 Å². The van der Waals surface area contributed by atoms with Crippen molar-refractivity contribution < 1.29 is 4.42 Å². The molecule has 0 aliphatic rings. The Kier molecular flexibility index (Phi) is 6.18. The van der Waals surface area contributed by atoms with E-state index in [4.69, 9.17) is 4.42 Å². The standard InChI is InChI=1S/C46H30N2O/c1-3-13-31(14-4-1)36-18-9-11-21-42(36)47(35-25-28-40-39-20-10-12-22-44(39)49-45(40)30-35)34-24-27-38-41-26-23-32-15-7-8-19-37(32)46(41)48(43(38)29-34)33-16-5-2-6-17-33/h1-30H. The Morgan fingerprint density at radius 1 is 0.429 bits per heavy atom. The lowest BCUT2D eigenvalue weighted by atomic mass is 10.0. The van der Waals surface area contributed by atoms with Crippen molar-refractivity contribution in [2.24, 2.45) is 0 Å². The molecule has 0 N–H and O–H groups in total. The van der Waals surface area contributed by atoms with Crippen LogP contribution in [0, 0.1) is 0 Å². The minimum absolute atomic E-state index is 0.867. The molecule has 0 bridgehead atoms. The number of rotatable bonds is 5. The summed E-state index contributed by atoms with van der Waals surface area (Å²) in [4.78, 5) is 2.37. The third-order valence-electron chi connectivity index (χ3n) is 9.76. The highest BCUT2D eigenvalue weighted by molar-refractivity contribution is 6.19. The second-order valence-corrected chi connectivity index (χ2v) is 12.6. The van der Waals surface area contributed by atoms with Gasteiger partial charge in [0.2, 0.25) is 0 Å². The number of nitrogens with zero attached hydrogens (tertiary/aromatic N) is 2. The van der Waals surface area contributed by atoms with Crippen molar-refractivity contribution >= 4 is 71.6 Å². The highest BCUT2D eigenvalue weighted by Gasteiger charge is 2.21. The molecular weight excluding hydrogens is 597 g/mol. The van der Waals surface area contributed by atoms with Gasteiger partial charge < -0.3 is 13.9 Å². The van der Waals surface area contributed by atoms with Crippen molar-refractivity contribution in [3.05, 3.63) is 182 Å². The minimum atomic E-state index is 0.867. The summed E-state index contributed by atoms with van der Waals surface area (Å²) in [5, 5.41) is 7.17. The lowest BCUT2D eigenvalue weighted by Crippen LogP contribution is -2.11. The van der Waals surface area contributed by atoms with Gasteiger partial charge in [0.1, 0.15) is 11.2 Å². The maximum Gasteiger partial charge on any atom is 0.137 e. The molecule has 0 unspecified atom stereocenters. The Labute approximate surface area is 283 Å². The molecule has 8 aromatic carbocycles. The van der Waals surface area contributed by atoms with Gasteiger partial charge in [0.25, 0.3) is 0 Å². The van der Waals surface area contributed by atoms with Crippen LogP contribution in [-0.2, 0) is 0 Å². The van der Waals surface area contributed by atoms with E-state index in [0.717, 1.165) is 55.8 Å². The van der Waals surface area contributed by atoms with E-state index in [1.165, 1.54) is 32.6 Å². The molecule has 2 heterocycles. The van der Waals surface area contributed by atoms with Gasteiger partial charge in [0.05, 0.1) is 16.7 Å². The maximum atomic E-state index is 6.43. The zero-order chi connectivity index (χ0) is 32.3. The van der Waals surface area contributed by atoms with E-state index >= 15 is 0 Å². The molecule has 0 fully saturated rings. The van der Waals surface area contributed by atoms with E-state index in [-0.39, 0.29) is 0 Å². The van der Waals surface area contributed by atoms with Crippen LogP contribution in [0.2, 0.25) is 0 Å². The monoisotopic (exact) mass is 626 g/mol. The summed E-state index contributed by atoms with van der Waals surface area (Å²) in [6.07, 6.45) is 0. The summed E-state index contributed by atoms with van der Waals surface area (Å²) in [6.45, 7) is 0. The van der Waals surface area contributed by atoms with Crippen molar-refractivity contribution in [3.63, 3.8) is 0 Å². The molecule has 0 spiro atoms. The molecule has 230 valence electrons. The van der Waals surface area contributed by atoms with Gasteiger partial charge in [0.15, 0.2) is 0 Å². The molecule has 10 rings (SSSR count). The second kappa shape index (κ2) is 11.0. The smallest absolute Gasteiger partial charge is 0.137 e. The number of furan rings is 1. The molecule has 3 nitrogen and oxygen atoms in total. The highest BCUT2D eigenvalue weighted by atomic mass is 16.3. The Morgan fingerprint density at radius 3 is 1.92 bits per heavy atom. The normalized spacial score (nSPS) is 11.7. The van der Waals surface area contributed by atoms with Crippen molar-refractivity contribution in [3.8, 4) is 16.8 Å². The Hall–Kier alpha value is -6.58. The molecule has 3 heteroatoms. The minimum Gasteiger partial charge on any atom is -0.456 e. The van der Waals surface area contributed by atoms with Crippen LogP contribution in [0.25, 0.3) is 71.3 Å². The van der Waals surface area contributed by atoms with Gasteiger partial charge in [-0.25, -0.2) is 0 Å². The number of aromatic nitrogens is 1. The summed E-state index contributed by atoms with van der Waals surface area (Å²) in [6, 6.07) is 65.0. The molecule has 10 aromatic rings. The van der Waals surface area contributed by atoms with Gasteiger partial charge in [0, 0.05) is 55.6 Å². The molecule has 0 aliphatic carbocycles. The van der Waals surface area contributed by atoms with Gasteiger partial charge in [-0.05, 0) is 59.5 Å². The third-order valence-corrected chi connectivity index (χ3v) is 9.76. The first-order valence-corrected chi connectivity index (χ1v) is 16.7. The zero-order valence-electron chi connectivity index (χ0n) is 26.6. The first kappa shape index (κ1) is 27.5. The van der Waals surface area contributed by atoms with Gasteiger partial charge in [-0.3, -0.25) is 0 Å². The molecular formula is C46H30N2O. The van der Waals surface area contributed by atoms with Gasteiger partial charge in [-0.2, -0.15) is 0 Å². The molecule has 0 atom stereocenters. The zero-order valence-corrected chi connectivity index (χ0v) is 26.6. The van der Waals surface area contributed by atoms with E-state index < -0.39 is 0 Å². The lowest BCUT2D eigenvalue weighted by molar-refractivity contribution is 0.669. The Balaban J connectivity index is 1.28. The number of anilines is 3. The van der Waals surface area contributed by atoms with Crippen LogP contribution in [0.3, 0.4) is 0 Å². The average molecular weight is 627 g/mol. The van der Waals surface area contributed by atoms with Crippen molar-refractivity contribution in [1.29, 1.82) is 0 Å². The predicted molar refractivity (Wildman–Crippen MR) is 206 cm³/mol. The van der Waals surface area contributed by atoms with E-state index in [1.807, 2.05) is 12.1 Å². The Bertz CT molecular complexity index is 2830. The fraction of sp³-hybridized carbons (Fsp3) is 0. The fourth-order valence-corrected chi connectivity index (χ4v) is 7.56. The van der Waals surface area contributed by atoms with E-state index in [0.29, 0.717) is 0 Å². The number of fused-ring (bicyclic) bond motifs is 8. The molecule has 0 radical (unpaired) electrons. The number of hydrogen-bond donors (Lipinski definition) is 0. The van der Waals surface area contributed by atoms with Crippen molar-refractivity contribution in [1.82, 2.24) is 4.57 Å². The second-order valence-electron chi connectivity index (χ2n) is 12.6. The molecule has 0 aliphatic heterocycles. The number of benzene rings is 8. The fourth-order valence-electron chi connectivity index (χ4n) is 7.56. The topological polar surface area (TPSA) is 21.3 Å². The molecule has 0 amide bonds. The molecule has 2 aromatic heterocycles. The third kappa shape index (κ3) is 4.37. The molecule has 49 heavy (non-hydrogen) atoms. The molecule has 0 saturated carbocycles. The van der Waals surface area contributed by atoms with Crippen LogP contribution < -0.4 is 4.90 Å². The van der Waals surface area contributed by atoms with E-state index in [9.17, 15) is 0 Å². The number of para-hydroxylation sites is 3. The van der Waals surface area contributed by atoms with Gasteiger partial charge in [-0.15, -0.1) is 0 Å². The molecule has 0 saturated heterocycles. The summed E-state index contributed by atoms with van der Waals surface area (Å²) in [7, 11) is 0. The first-order chi connectivity index (χ1) is 24.3. The van der Waals surface area contributed by atoms with Crippen LogP contribution in [-0.4, -0.2) is 4.57 Å². The van der Waals surface area contributed by atoms with Gasteiger partial charge >= 0.3 is 0 Å². The summed E-state index contributed by atoms with van der Waals surface area (Å²) < 4.78 is 8.86. The van der Waals surface area contributed by atoms with Gasteiger partial charge in [-0.1, -0.05) is 127 Å². The summed E-state index contributed by atoms with van der Waals surface area (Å²) in [5.74, 6) is 0. The van der Waals surface area contributed by atoms with E-state index in [2.05, 4.69) is 179 Å². The van der Waals surface area contributed by atoms with Crippen LogP contribution in [0.15, 0.2) is 186 Å². The van der Waals surface area contributed by atoms with Crippen LogP contribution in [0.1, 0.15) is 0 Å². The van der Waals surface area contributed by atoms with Crippen LogP contribution in [0.4, 0.5) is 17.1 Å². The summed E-state index contributed by atoms with van der Waals surface area (Å²) in [5.41, 5.74) is 10.8. The lowest BCUT2D eigenvalue weighted by Gasteiger charge is -2.28. The highest BCUT2D eigenvalue weighted by Crippen LogP contribution is 2.45. The summed E-state index contributed by atoms with van der Waals surface area (Å²) >= 11 is 0. The maximum absolute atomic E-state index is 6.43. The largest absolute Gasteiger partial charge is 0.456 e. The first-order valence-electron chi connectivity index (χ1n) is 16.7. The quantitative estimate of drug-likeness (QED) is 0.190. The average Bonchev–Trinajstić information content (AvgIpc) is 3.71. The van der Waals surface area contributed by atoms with E-state index in [1.54, 1.807) is 0 Å². The SMILES string of the molecule is c1ccc(-c2ccccc2N(c2ccc3c(c2)oc2ccccc23)c2ccc3c4ccc5ccccc5c4n(-c4ccccc4)c3c2)cc1. The predicted octanol–water partition coefficient (Wildman–Crippen LogP) is 13.0.